The lowest BCUT2D eigenvalue weighted by molar-refractivity contribution is -0.121. The Hall–Kier alpha value is -2.59. The van der Waals surface area contributed by atoms with E-state index in [1.54, 1.807) is 33.2 Å². The molecular weight excluding hydrogens is 418 g/mol. The molecule has 1 N–H and O–H groups in total. The summed E-state index contributed by atoms with van der Waals surface area (Å²) in [5, 5.41) is 3.49. The fraction of sp³-hybridized carbons (Fsp3) is 0.263. The van der Waals surface area contributed by atoms with Gasteiger partial charge in [-0.15, -0.1) is 0 Å². The second kappa shape index (κ2) is 8.83. The Labute approximate surface area is 176 Å². The minimum Gasteiger partial charge on any atom is -0.496 e. The van der Waals surface area contributed by atoms with Gasteiger partial charge in [0.15, 0.2) is 10.3 Å². The normalized spacial score (nSPS) is 15.4. The first kappa shape index (κ1) is 21.1. The number of thioether (sulfide) groups is 1. The van der Waals surface area contributed by atoms with E-state index in [-0.39, 0.29) is 16.8 Å². The highest BCUT2D eigenvalue weighted by atomic mass is 32.2. The van der Waals surface area contributed by atoms with Gasteiger partial charge in [-0.1, -0.05) is 17.8 Å². The summed E-state index contributed by atoms with van der Waals surface area (Å²) in [6.45, 7) is 1.65. The van der Waals surface area contributed by atoms with Crippen LogP contribution in [0, 0.1) is 6.92 Å². The van der Waals surface area contributed by atoms with Crippen molar-refractivity contribution in [2.75, 3.05) is 14.2 Å². The van der Waals surface area contributed by atoms with Crippen molar-refractivity contribution < 1.29 is 18.3 Å². The summed E-state index contributed by atoms with van der Waals surface area (Å²) in [6, 6.07) is 6.73. The Balaban J connectivity index is 1.83. The number of alkyl halides is 2. The predicted molar refractivity (Wildman–Crippen MR) is 111 cm³/mol. The summed E-state index contributed by atoms with van der Waals surface area (Å²) in [5.41, 5.74) is 2.15. The fourth-order valence-corrected chi connectivity index (χ4v) is 3.76. The SMILES string of the molecule is COc1ccc(/C=C2/NC(=S)N(C)C2=O)cc1CSc1nc(C)cc(C(F)F)n1. The number of nitrogens with one attached hydrogen (secondary N) is 1. The number of nitrogens with zero attached hydrogens (tertiary/aromatic N) is 3. The Morgan fingerprint density at radius 1 is 1.34 bits per heavy atom. The third-order valence-electron chi connectivity index (χ3n) is 4.13. The van der Waals surface area contributed by atoms with Gasteiger partial charge in [-0.05, 0) is 49.0 Å². The monoisotopic (exact) mass is 436 g/mol. The minimum atomic E-state index is -2.65. The number of carbonyl (C=O) groups excluding carboxylic acids is 1. The van der Waals surface area contributed by atoms with E-state index in [0.717, 1.165) is 11.1 Å². The number of aromatic nitrogens is 2. The molecule has 1 aromatic heterocycles. The topological polar surface area (TPSA) is 67.3 Å². The van der Waals surface area contributed by atoms with Crippen molar-refractivity contribution in [1.82, 2.24) is 20.2 Å². The summed E-state index contributed by atoms with van der Waals surface area (Å²) in [6.07, 6.45) is -0.953. The van der Waals surface area contributed by atoms with Crippen molar-refractivity contribution in [2.45, 2.75) is 24.3 Å². The number of halogens is 2. The number of methoxy groups -OCH3 is 1. The van der Waals surface area contributed by atoms with E-state index in [9.17, 15) is 13.6 Å². The number of carbonyl (C=O) groups is 1. The van der Waals surface area contributed by atoms with Gasteiger partial charge in [-0.25, -0.2) is 18.7 Å². The van der Waals surface area contributed by atoms with Gasteiger partial charge in [-0.2, -0.15) is 0 Å². The fourth-order valence-electron chi connectivity index (χ4n) is 2.67. The maximum absolute atomic E-state index is 13.0. The number of hydrogen-bond acceptors (Lipinski definition) is 6. The average molecular weight is 437 g/mol. The summed E-state index contributed by atoms with van der Waals surface area (Å²) in [5.74, 6) is 0.834. The largest absolute Gasteiger partial charge is 0.496 e. The average Bonchev–Trinajstić information content (AvgIpc) is 2.92. The summed E-state index contributed by atoms with van der Waals surface area (Å²) in [4.78, 5) is 21.6. The van der Waals surface area contributed by atoms with Crippen molar-refractivity contribution in [3.05, 3.63) is 52.5 Å². The van der Waals surface area contributed by atoms with E-state index in [1.165, 1.54) is 22.7 Å². The quantitative estimate of drug-likeness (QED) is 0.320. The zero-order valence-electron chi connectivity index (χ0n) is 15.9. The number of benzene rings is 1. The molecule has 1 aromatic carbocycles. The highest BCUT2D eigenvalue weighted by molar-refractivity contribution is 7.98. The van der Waals surface area contributed by atoms with Crippen LogP contribution in [-0.4, -0.2) is 40.0 Å². The first-order chi connectivity index (χ1) is 13.8. The Morgan fingerprint density at radius 2 is 2.10 bits per heavy atom. The molecular formula is C19H18F2N4O2S2. The molecule has 1 saturated heterocycles. The van der Waals surface area contributed by atoms with Gasteiger partial charge in [0.05, 0.1) is 7.11 Å². The van der Waals surface area contributed by atoms with Crippen molar-refractivity contribution >= 4 is 41.1 Å². The second-order valence-corrected chi connectivity index (χ2v) is 7.56. The number of hydrogen-bond donors (Lipinski definition) is 1. The molecule has 29 heavy (non-hydrogen) atoms. The molecule has 10 heteroatoms. The molecule has 0 radical (unpaired) electrons. The van der Waals surface area contributed by atoms with E-state index in [1.807, 2.05) is 12.1 Å². The third-order valence-corrected chi connectivity index (χ3v) is 5.40. The molecule has 1 aliphatic rings. The van der Waals surface area contributed by atoms with Crippen molar-refractivity contribution in [3.8, 4) is 5.75 Å². The molecule has 0 saturated carbocycles. The van der Waals surface area contributed by atoms with Gasteiger partial charge in [0.25, 0.3) is 12.3 Å². The lowest BCUT2D eigenvalue weighted by Crippen LogP contribution is -2.25. The summed E-state index contributed by atoms with van der Waals surface area (Å²) >= 11 is 6.31. The van der Waals surface area contributed by atoms with E-state index >= 15 is 0 Å². The highest BCUT2D eigenvalue weighted by Crippen LogP contribution is 2.29. The molecule has 0 atom stereocenters. The smallest absolute Gasteiger partial charge is 0.280 e. The molecule has 1 aliphatic heterocycles. The highest BCUT2D eigenvalue weighted by Gasteiger charge is 2.27. The third kappa shape index (κ3) is 4.88. The molecule has 2 heterocycles. The Morgan fingerprint density at radius 3 is 2.72 bits per heavy atom. The minimum absolute atomic E-state index is 0.213. The van der Waals surface area contributed by atoms with Crippen LogP contribution in [0.15, 0.2) is 35.1 Å². The van der Waals surface area contributed by atoms with Crippen molar-refractivity contribution in [2.24, 2.45) is 0 Å². The lowest BCUT2D eigenvalue weighted by atomic mass is 10.1. The van der Waals surface area contributed by atoms with Gasteiger partial charge in [0.1, 0.15) is 17.1 Å². The van der Waals surface area contributed by atoms with E-state index in [4.69, 9.17) is 17.0 Å². The number of thiocarbonyl (C=S) groups is 1. The van der Waals surface area contributed by atoms with Crippen LogP contribution in [0.25, 0.3) is 6.08 Å². The van der Waals surface area contributed by atoms with Crippen LogP contribution in [0.5, 0.6) is 5.75 Å². The molecule has 6 nitrogen and oxygen atoms in total. The van der Waals surface area contributed by atoms with Gasteiger partial charge in [0.2, 0.25) is 0 Å². The van der Waals surface area contributed by atoms with E-state index in [2.05, 4.69) is 15.3 Å². The van der Waals surface area contributed by atoms with Crippen LogP contribution in [0.2, 0.25) is 0 Å². The number of aryl methyl sites for hydroxylation is 1. The van der Waals surface area contributed by atoms with Gasteiger partial charge >= 0.3 is 0 Å². The van der Waals surface area contributed by atoms with E-state index < -0.39 is 6.43 Å². The van der Waals surface area contributed by atoms with Crippen LogP contribution in [0.4, 0.5) is 8.78 Å². The number of rotatable bonds is 6. The van der Waals surface area contributed by atoms with Crippen molar-refractivity contribution in [3.63, 3.8) is 0 Å². The molecule has 0 unspecified atom stereocenters. The molecule has 1 amide bonds. The predicted octanol–water partition coefficient (Wildman–Crippen LogP) is 3.71. The summed E-state index contributed by atoms with van der Waals surface area (Å²) in [7, 11) is 3.15. The van der Waals surface area contributed by atoms with Gasteiger partial charge in [-0.3, -0.25) is 9.69 Å². The first-order valence-corrected chi connectivity index (χ1v) is 9.92. The molecule has 0 bridgehead atoms. The molecule has 3 rings (SSSR count). The molecule has 1 fully saturated rings. The number of amides is 1. The Bertz CT molecular complexity index is 998. The second-order valence-electron chi connectivity index (χ2n) is 6.23. The molecule has 0 aliphatic carbocycles. The van der Waals surface area contributed by atoms with E-state index in [0.29, 0.717) is 28.0 Å². The van der Waals surface area contributed by atoms with Crippen molar-refractivity contribution in [1.29, 1.82) is 0 Å². The summed E-state index contributed by atoms with van der Waals surface area (Å²) < 4.78 is 31.3. The zero-order chi connectivity index (χ0) is 21.1. The molecule has 2 aromatic rings. The number of ether oxygens (including phenoxy) is 1. The standard InChI is InChI=1S/C19H18F2N4O2S2/c1-10-6-13(16(20)21)23-18(22-10)29-9-12-7-11(4-5-15(12)27-3)8-14-17(26)25(2)19(28)24-14/h4-8,16H,9H2,1-3H3,(H,24,28)/b14-8+. The maximum atomic E-state index is 13.0. The van der Waals surface area contributed by atoms with Crippen LogP contribution in [0.1, 0.15) is 28.9 Å². The van der Waals surface area contributed by atoms with Gasteiger partial charge in [0, 0.05) is 24.1 Å². The van der Waals surface area contributed by atoms with Crippen LogP contribution >= 0.6 is 24.0 Å². The lowest BCUT2D eigenvalue weighted by Gasteiger charge is -2.10. The first-order valence-electron chi connectivity index (χ1n) is 8.52. The zero-order valence-corrected chi connectivity index (χ0v) is 17.5. The molecule has 0 spiro atoms. The Kier molecular flexibility index (Phi) is 6.43. The van der Waals surface area contributed by atoms with Crippen LogP contribution in [-0.2, 0) is 10.5 Å². The van der Waals surface area contributed by atoms with Crippen LogP contribution in [0.3, 0.4) is 0 Å². The van der Waals surface area contributed by atoms with Gasteiger partial charge < -0.3 is 10.1 Å². The molecule has 152 valence electrons. The van der Waals surface area contributed by atoms with Crippen LogP contribution < -0.4 is 10.1 Å². The number of likely N-dealkylation sites (N-methyl/N-ethyl adjacent to an activating group) is 1. The maximum Gasteiger partial charge on any atom is 0.280 e.